The van der Waals surface area contributed by atoms with Gasteiger partial charge in [0.2, 0.25) is 0 Å². The van der Waals surface area contributed by atoms with E-state index in [1.165, 1.54) is 0 Å². The Morgan fingerprint density at radius 2 is 1.68 bits per heavy atom. The molecule has 3 unspecified atom stereocenters. The van der Waals surface area contributed by atoms with Crippen LogP contribution in [0.3, 0.4) is 0 Å². The monoisotopic (exact) mass is 278 g/mol. The van der Waals surface area contributed by atoms with Crippen LogP contribution < -0.4 is 0 Å². The quantitative estimate of drug-likeness (QED) is 0.486. The molecule has 0 radical (unpaired) electrons. The van der Waals surface area contributed by atoms with Crippen LogP contribution in [-0.2, 0) is 23.7 Å². The van der Waals surface area contributed by atoms with E-state index in [9.17, 15) is 5.11 Å². The molecule has 0 aromatic heterocycles. The fraction of sp³-hybridized carbons (Fsp3) is 1.00. The number of hydrogen-bond donors (Lipinski definition) is 1. The number of hydrogen-bond acceptors (Lipinski definition) is 6. The Kier molecular flexibility index (Phi) is 9.32. The fourth-order valence-electron chi connectivity index (χ4n) is 1.44. The summed E-state index contributed by atoms with van der Waals surface area (Å²) in [5.41, 5.74) is 0. The highest BCUT2D eigenvalue weighted by molar-refractivity contribution is 4.68. The Hall–Kier alpha value is -0.240. The Morgan fingerprint density at radius 3 is 2.32 bits per heavy atom. The highest BCUT2D eigenvalue weighted by atomic mass is 16.6. The highest BCUT2D eigenvalue weighted by Crippen LogP contribution is 2.09. The van der Waals surface area contributed by atoms with Crippen LogP contribution in [0.4, 0.5) is 0 Å². The highest BCUT2D eigenvalue weighted by Gasteiger charge is 2.23. The van der Waals surface area contributed by atoms with Gasteiger partial charge < -0.3 is 28.8 Å². The van der Waals surface area contributed by atoms with E-state index in [-0.39, 0.29) is 25.4 Å². The first-order chi connectivity index (χ1) is 9.26. The van der Waals surface area contributed by atoms with E-state index in [4.69, 9.17) is 23.7 Å². The summed E-state index contributed by atoms with van der Waals surface area (Å²) in [4.78, 5) is 0. The zero-order valence-corrected chi connectivity index (χ0v) is 11.9. The Morgan fingerprint density at radius 1 is 1.05 bits per heavy atom. The molecule has 1 rings (SSSR count). The van der Waals surface area contributed by atoms with Gasteiger partial charge in [-0.15, -0.1) is 0 Å². The topological polar surface area (TPSA) is 69.7 Å². The first-order valence-electron chi connectivity index (χ1n) is 6.90. The molecule has 3 atom stereocenters. The van der Waals surface area contributed by atoms with Crippen LogP contribution in [0, 0.1) is 0 Å². The van der Waals surface area contributed by atoms with Crippen LogP contribution in [0.1, 0.15) is 13.8 Å². The second-order valence-electron chi connectivity index (χ2n) is 4.42. The van der Waals surface area contributed by atoms with Crippen LogP contribution in [0.5, 0.6) is 0 Å². The number of ether oxygens (including phenoxy) is 5. The lowest BCUT2D eigenvalue weighted by Gasteiger charge is -2.19. The largest absolute Gasteiger partial charge is 0.388 e. The van der Waals surface area contributed by atoms with Crippen molar-refractivity contribution in [3.05, 3.63) is 0 Å². The van der Waals surface area contributed by atoms with Crippen molar-refractivity contribution in [2.24, 2.45) is 0 Å². The maximum Gasteiger partial charge on any atom is 0.104 e. The smallest absolute Gasteiger partial charge is 0.104 e. The SMILES string of the molecule is CCOCC(O)COC(COCC)COCC1CO1. The van der Waals surface area contributed by atoms with E-state index in [2.05, 4.69) is 0 Å². The molecule has 1 N–H and O–H groups in total. The van der Waals surface area contributed by atoms with Gasteiger partial charge in [-0.1, -0.05) is 0 Å². The molecule has 1 aliphatic heterocycles. The minimum absolute atomic E-state index is 0.171. The van der Waals surface area contributed by atoms with Crippen molar-refractivity contribution >= 4 is 0 Å². The van der Waals surface area contributed by atoms with Crippen molar-refractivity contribution in [3.8, 4) is 0 Å². The minimum atomic E-state index is -0.615. The zero-order valence-electron chi connectivity index (χ0n) is 11.9. The van der Waals surface area contributed by atoms with Crippen molar-refractivity contribution in [1.29, 1.82) is 0 Å². The Labute approximate surface area is 114 Å². The van der Waals surface area contributed by atoms with Gasteiger partial charge >= 0.3 is 0 Å². The molecule has 0 aromatic rings. The molecule has 19 heavy (non-hydrogen) atoms. The second kappa shape index (κ2) is 10.5. The number of rotatable bonds is 13. The first-order valence-corrected chi connectivity index (χ1v) is 6.90. The summed E-state index contributed by atoms with van der Waals surface area (Å²) in [6.07, 6.45) is -0.540. The molecule has 1 aliphatic rings. The van der Waals surface area contributed by atoms with Gasteiger partial charge in [-0.2, -0.15) is 0 Å². The van der Waals surface area contributed by atoms with E-state index in [0.29, 0.717) is 33.0 Å². The molecule has 1 heterocycles. The lowest BCUT2D eigenvalue weighted by Crippen LogP contribution is -2.31. The molecule has 1 saturated heterocycles. The summed E-state index contributed by atoms with van der Waals surface area (Å²) in [5, 5.41) is 9.63. The van der Waals surface area contributed by atoms with E-state index < -0.39 is 6.10 Å². The average molecular weight is 278 g/mol. The summed E-state index contributed by atoms with van der Waals surface area (Å²) >= 11 is 0. The molecule has 0 bridgehead atoms. The van der Waals surface area contributed by atoms with Gasteiger partial charge in [0.05, 0.1) is 39.6 Å². The molecule has 0 saturated carbocycles. The normalized spacial score (nSPS) is 21.3. The van der Waals surface area contributed by atoms with Crippen LogP contribution in [0.15, 0.2) is 0 Å². The predicted molar refractivity (Wildman–Crippen MR) is 69.3 cm³/mol. The van der Waals surface area contributed by atoms with E-state index in [0.717, 1.165) is 6.61 Å². The summed E-state index contributed by atoms with van der Waals surface area (Å²) < 4.78 is 26.6. The van der Waals surface area contributed by atoms with E-state index in [1.807, 2.05) is 13.8 Å². The minimum Gasteiger partial charge on any atom is -0.388 e. The number of aliphatic hydroxyl groups is 1. The third-order valence-electron chi connectivity index (χ3n) is 2.56. The average Bonchev–Trinajstić information content (AvgIpc) is 3.23. The molecule has 0 spiro atoms. The molecular weight excluding hydrogens is 252 g/mol. The third-order valence-corrected chi connectivity index (χ3v) is 2.56. The van der Waals surface area contributed by atoms with Crippen LogP contribution >= 0.6 is 0 Å². The zero-order chi connectivity index (χ0) is 13.9. The van der Waals surface area contributed by atoms with Crippen molar-refractivity contribution in [2.45, 2.75) is 32.2 Å². The van der Waals surface area contributed by atoms with Gasteiger partial charge in [-0.25, -0.2) is 0 Å². The summed E-state index contributed by atoms with van der Waals surface area (Å²) in [6, 6.07) is 0. The third kappa shape index (κ3) is 9.32. The van der Waals surface area contributed by atoms with Crippen LogP contribution in [-0.4, -0.2) is 76.3 Å². The number of epoxide rings is 1. The molecule has 0 aliphatic carbocycles. The van der Waals surface area contributed by atoms with Gasteiger partial charge in [0.1, 0.15) is 18.3 Å². The standard InChI is InChI=1S/C13H26O6/c1-3-15-5-11(14)6-18-12(7-16-4-2)8-17-9-13-10-19-13/h11-14H,3-10H2,1-2H3. The molecule has 114 valence electrons. The first kappa shape index (κ1) is 16.8. The Bertz CT molecular complexity index is 209. The molecule has 6 nitrogen and oxygen atoms in total. The van der Waals surface area contributed by atoms with Crippen molar-refractivity contribution in [1.82, 2.24) is 0 Å². The van der Waals surface area contributed by atoms with Gasteiger partial charge in [0.15, 0.2) is 0 Å². The summed E-state index contributed by atoms with van der Waals surface area (Å²) in [6.45, 7) is 7.83. The van der Waals surface area contributed by atoms with Crippen LogP contribution in [0.2, 0.25) is 0 Å². The maximum atomic E-state index is 9.63. The predicted octanol–water partition coefficient (Wildman–Crippen LogP) is 0.221. The second-order valence-corrected chi connectivity index (χ2v) is 4.42. The van der Waals surface area contributed by atoms with Crippen molar-refractivity contribution < 1.29 is 28.8 Å². The molecule has 0 amide bonds. The molecular formula is C13H26O6. The van der Waals surface area contributed by atoms with Gasteiger partial charge in [0, 0.05) is 13.2 Å². The molecule has 6 heteroatoms. The van der Waals surface area contributed by atoms with E-state index in [1.54, 1.807) is 0 Å². The fourth-order valence-corrected chi connectivity index (χ4v) is 1.44. The lowest BCUT2D eigenvalue weighted by molar-refractivity contribution is -0.0921. The molecule has 1 fully saturated rings. The summed E-state index contributed by atoms with van der Waals surface area (Å²) in [5.74, 6) is 0. The van der Waals surface area contributed by atoms with Crippen molar-refractivity contribution in [3.63, 3.8) is 0 Å². The van der Waals surface area contributed by atoms with Crippen LogP contribution in [0.25, 0.3) is 0 Å². The Balaban J connectivity index is 2.10. The lowest BCUT2D eigenvalue weighted by atomic mass is 10.3. The number of aliphatic hydroxyl groups excluding tert-OH is 1. The van der Waals surface area contributed by atoms with E-state index >= 15 is 0 Å². The molecule has 0 aromatic carbocycles. The summed E-state index contributed by atoms with van der Waals surface area (Å²) in [7, 11) is 0. The van der Waals surface area contributed by atoms with Gasteiger partial charge in [0.25, 0.3) is 0 Å². The van der Waals surface area contributed by atoms with Gasteiger partial charge in [-0.05, 0) is 13.8 Å². The van der Waals surface area contributed by atoms with Gasteiger partial charge in [-0.3, -0.25) is 0 Å². The maximum absolute atomic E-state index is 9.63. The van der Waals surface area contributed by atoms with Crippen molar-refractivity contribution in [2.75, 3.05) is 52.9 Å².